The van der Waals surface area contributed by atoms with Crippen molar-refractivity contribution in [3.05, 3.63) is 22.7 Å². The summed E-state index contributed by atoms with van der Waals surface area (Å²) in [5.74, 6) is 0.695. The summed E-state index contributed by atoms with van der Waals surface area (Å²) in [5, 5.41) is 0. The minimum atomic E-state index is -0.130. The quantitative estimate of drug-likeness (QED) is 0.683. The van der Waals surface area contributed by atoms with Crippen LogP contribution in [0.2, 0.25) is 0 Å². The van der Waals surface area contributed by atoms with Gasteiger partial charge in [-0.2, -0.15) is 0 Å². The SMILES string of the molecule is CC(C)(C)OCCOc1ccc(Br)cc1N. The standard InChI is InChI=1S/C12H18BrNO2/c1-12(2,3)16-7-6-15-11-5-4-9(13)8-10(11)14/h4-5,8H,6-7,14H2,1-3H3. The number of anilines is 1. The number of rotatable bonds is 4. The molecule has 1 aromatic rings. The van der Waals surface area contributed by atoms with Gasteiger partial charge in [-0.15, -0.1) is 0 Å². The molecule has 16 heavy (non-hydrogen) atoms. The fraction of sp³-hybridized carbons (Fsp3) is 0.500. The molecule has 0 aromatic heterocycles. The summed E-state index contributed by atoms with van der Waals surface area (Å²) in [7, 11) is 0. The van der Waals surface area contributed by atoms with Crippen molar-refractivity contribution in [1.82, 2.24) is 0 Å². The Balaban J connectivity index is 2.38. The molecular weight excluding hydrogens is 270 g/mol. The lowest BCUT2D eigenvalue weighted by Gasteiger charge is -2.19. The summed E-state index contributed by atoms with van der Waals surface area (Å²) in [6.07, 6.45) is 0. The van der Waals surface area contributed by atoms with E-state index in [9.17, 15) is 0 Å². The zero-order valence-corrected chi connectivity index (χ0v) is 11.5. The van der Waals surface area contributed by atoms with E-state index < -0.39 is 0 Å². The molecular formula is C12H18BrNO2. The lowest BCUT2D eigenvalue weighted by Crippen LogP contribution is -2.22. The predicted molar refractivity (Wildman–Crippen MR) is 69.8 cm³/mol. The number of hydrogen-bond donors (Lipinski definition) is 1. The number of hydrogen-bond acceptors (Lipinski definition) is 3. The molecule has 90 valence electrons. The molecule has 0 saturated heterocycles. The Kier molecular flexibility index (Phi) is 4.62. The second kappa shape index (κ2) is 5.55. The minimum absolute atomic E-state index is 0.130. The van der Waals surface area contributed by atoms with Crippen molar-refractivity contribution in [3.63, 3.8) is 0 Å². The molecule has 0 aliphatic heterocycles. The number of nitrogens with two attached hydrogens (primary N) is 1. The topological polar surface area (TPSA) is 44.5 Å². The Hall–Kier alpha value is -0.740. The maximum atomic E-state index is 5.79. The van der Waals surface area contributed by atoms with Crippen molar-refractivity contribution >= 4 is 21.6 Å². The Bertz CT molecular complexity index is 347. The number of benzene rings is 1. The summed E-state index contributed by atoms with van der Waals surface area (Å²) in [4.78, 5) is 0. The second-order valence-corrected chi connectivity index (χ2v) is 5.41. The third-order valence-corrected chi connectivity index (χ3v) is 2.34. The molecule has 0 saturated carbocycles. The lowest BCUT2D eigenvalue weighted by molar-refractivity contribution is -0.0162. The molecule has 4 heteroatoms. The average Bonchev–Trinajstić information content (AvgIpc) is 2.13. The second-order valence-electron chi connectivity index (χ2n) is 4.49. The molecule has 2 N–H and O–H groups in total. The molecule has 0 spiro atoms. The van der Waals surface area contributed by atoms with E-state index in [1.165, 1.54) is 0 Å². The van der Waals surface area contributed by atoms with E-state index in [-0.39, 0.29) is 5.60 Å². The Labute approximate surface area is 105 Å². The van der Waals surface area contributed by atoms with Crippen LogP contribution in [0.1, 0.15) is 20.8 Å². The van der Waals surface area contributed by atoms with Crippen molar-refractivity contribution < 1.29 is 9.47 Å². The summed E-state index contributed by atoms with van der Waals surface area (Å²) in [6, 6.07) is 5.56. The first-order valence-corrected chi connectivity index (χ1v) is 5.99. The van der Waals surface area contributed by atoms with Crippen LogP contribution in [-0.2, 0) is 4.74 Å². The van der Waals surface area contributed by atoms with Gasteiger partial charge in [-0.1, -0.05) is 15.9 Å². The van der Waals surface area contributed by atoms with Crippen LogP contribution in [0.3, 0.4) is 0 Å². The molecule has 0 bridgehead atoms. The van der Waals surface area contributed by atoms with Crippen LogP contribution >= 0.6 is 15.9 Å². The van der Waals surface area contributed by atoms with Crippen molar-refractivity contribution in [3.8, 4) is 5.75 Å². The van der Waals surface area contributed by atoms with Gasteiger partial charge in [0.2, 0.25) is 0 Å². The van der Waals surface area contributed by atoms with Crippen LogP contribution in [0.4, 0.5) is 5.69 Å². The molecule has 0 heterocycles. The van der Waals surface area contributed by atoms with E-state index in [1.54, 1.807) is 0 Å². The normalized spacial score (nSPS) is 11.5. The number of ether oxygens (including phenoxy) is 2. The fourth-order valence-electron chi connectivity index (χ4n) is 1.15. The van der Waals surface area contributed by atoms with Gasteiger partial charge < -0.3 is 15.2 Å². The van der Waals surface area contributed by atoms with E-state index >= 15 is 0 Å². The Morgan fingerprint density at radius 3 is 2.50 bits per heavy atom. The van der Waals surface area contributed by atoms with Crippen LogP contribution in [-0.4, -0.2) is 18.8 Å². The molecule has 0 fully saturated rings. The summed E-state index contributed by atoms with van der Waals surface area (Å²) in [5.41, 5.74) is 6.29. The molecule has 0 atom stereocenters. The highest BCUT2D eigenvalue weighted by atomic mass is 79.9. The third kappa shape index (κ3) is 4.86. The van der Waals surface area contributed by atoms with Crippen molar-refractivity contribution in [2.24, 2.45) is 0 Å². The van der Waals surface area contributed by atoms with E-state index in [4.69, 9.17) is 15.2 Å². The highest BCUT2D eigenvalue weighted by molar-refractivity contribution is 9.10. The molecule has 1 rings (SSSR count). The van der Waals surface area contributed by atoms with Gasteiger partial charge >= 0.3 is 0 Å². The molecule has 0 amide bonds. The van der Waals surface area contributed by atoms with Crippen LogP contribution in [0.5, 0.6) is 5.75 Å². The highest BCUT2D eigenvalue weighted by Gasteiger charge is 2.09. The monoisotopic (exact) mass is 287 g/mol. The van der Waals surface area contributed by atoms with E-state index in [2.05, 4.69) is 15.9 Å². The maximum absolute atomic E-state index is 5.79. The van der Waals surface area contributed by atoms with Crippen molar-refractivity contribution in [1.29, 1.82) is 0 Å². The zero-order chi connectivity index (χ0) is 12.2. The first kappa shape index (κ1) is 13.3. The average molecular weight is 288 g/mol. The van der Waals surface area contributed by atoms with Crippen LogP contribution in [0.15, 0.2) is 22.7 Å². The molecule has 3 nitrogen and oxygen atoms in total. The molecule has 0 unspecified atom stereocenters. The van der Waals surface area contributed by atoms with Gasteiger partial charge in [0.25, 0.3) is 0 Å². The number of nitrogen functional groups attached to an aromatic ring is 1. The van der Waals surface area contributed by atoms with Crippen LogP contribution < -0.4 is 10.5 Å². The van der Waals surface area contributed by atoms with Gasteiger partial charge in [0, 0.05) is 4.47 Å². The zero-order valence-electron chi connectivity index (χ0n) is 9.92. The third-order valence-electron chi connectivity index (χ3n) is 1.85. The highest BCUT2D eigenvalue weighted by Crippen LogP contribution is 2.25. The minimum Gasteiger partial charge on any atom is -0.489 e. The Morgan fingerprint density at radius 2 is 1.94 bits per heavy atom. The van der Waals surface area contributed by atoms with E-state index in [0.717, 1.165) is 4.47 Å². The van der Waals surface area contributed by atoms with E-state index in [1.807, 2.05) is 39.0 Å². The smallest absolute Gasteiger partial charge is 0.142 e. The van der Waals surface area contributed by atoms with Gasteiger partial charge in [-0.05, 0) is 39.0 Å². The summed E-state index contributed by atoms with van der Waals surface area (Å²) >= 11 is 3.34. The van der Waals surface area contributed by atoms with E-state index in [0.29, 0.717) is 24.7 Å². The first-order valence-electron chi connectivity index (χ1n) is 5.20. The van der Waals surface area contributed by atoms with Gasteiger partial charge in [0.15, 0.2) is 0 Å². The van der Waals surface area contributed by atoms with Crippen LogP contribution in [0.25, 0.3) is 0 Å². The Morgan fingerprint density at radius 1 is 1.25 bits per heavy atom. The molecule has 1 aromatic carbocycles. The van der Waals surface area contributed by atoms with Gasteiger partial charge in [-0.25, -0.2) is 0 Å². The number of halogens is 1. The van der Waals surface area contributed by atoms with Crippen molar-refractivity contribution in [2.45, 2.75) is 26.4 Å². The maximum Gasteiger partial charge on any atom is 0.142 e. The summed E-state index contributed by atoms with van der Waals surface area (Å²) < 4.78 is 12.0. The molecule has 0 aliphatic carbocycles. The predicted octanol–water partition coefficient (Wildman–Crippen LogP) is 3.23. The molecule has 0 aliphatic rings. The fourth-order valence-corrected chi connectivity index (χ4v) is 1.53. The largest absolute Gasteiger partial charge is 0.489 e. The van der Waals surface area contributed by atoms with Gasteiger partial charge in [0.05, 0.1) is 17.9 Å². The van der Waals surface area contributed by atoms with Crippen LogP contribution in [0, 0.1) is 0 Å². The molecule has 0 radical (unpaired) electrons. The van der Waals surface area contributed by atoms with Crippen molar-refractivity contribution in [2.75, 3.05) is 18.9 Å². The lowest BCUT2D eigenvalue weighted by atomic mass is 10.2. The van der Waals surface area contributed by atoms with Gasteiger partial charge in [-0.3, -0.25) is 0 Å². The summed E-state index contributed by atoms with van der Waals surface area (Å²) in [6.45, 7) is 7.10. The first-order chi connectivity index (χ1) is 7.38. The van der Waals surface area contributed by atoms with Gasteiger partial charge in [0.1, 0.15) is 12.4 Å².